The van der Waals surface area contributed by atoms with E-state index in [2.05, 4.69) is 15.0 Å². The number of ether oxygens (including phenoxy) is 2. The second-order valence-electron chi connectivity index (χ2n) is 7.51. The van der Waals surface area contributed by atoms with Crippen LogP contribution in [-0.2, 0) is 21.4 Å². The summed E-state index contributed by atoms with van der Waals surface area (Å²) in [5.41, 5.74) is 0.645. The summed E-state index contributed by atoms with van der Waals surface area (Å²) in [6.45, 7) is 0.847. The standard InChI is InChI=1S/C23H21ClN4O8S/c1-14-5-3-4-6-18(14)27-37(33,34)21-11-17(28(31)32)7-8-19(21)26-25-12-15-9-16(24)10-20(35-2)23(15)36-13-22(29)30/h3-11,27H,12-13H2,1-2H3,(H,29,30). The lowest BCUT2D eigenvalue weighted by Gasteiger charge is -2.13. The highest BCUT2D eigenvalue weighted by Crippen LogP contribution is 2.36. The number of non-ortho nitro benzene ring substituents is 1. The first kappa shape index (κ1) is 27.4. The van der Waals surface area contributed by atoms with Crippen molar-refractivity contribution in [2.75, 3.05) is 18.4 Å². The van der Waals surface area contributed by atoms with Crippen molar-refractivity contribution in [2.24, 2.45) is 10.2 Å². The van der Waals surface area contributed by atoms with Gasteiger partial charge in [0.1, 0.15) is 10.6 Å². The number of azo groups is 1. The zero-order chi connectivity index (χ0) is 27.2. The lowest BCUT2D eigenvalue weighted by atomic mass is 10.2. The Morgan fingerprint density at radius 3 is 2.57 bits per heavy atom. The minimum Gasteiger partial charge on any atom is -0.493 e. The molecule has 3 aromatic carbocycles. The van der Waals surface area contributed by atoms with Gasteiger partial charge in [-0.05, 0) is 30.7 Å². The smallest absolute Gasteiger partial charge is 0.341 e. The van der Waals surface area contributed by atoms with Crippen molar-refractivity contribution in [3.05, 3.63) is 80.9 Å². The molecule has 0 saturated heterocycles. The van der Waals surface area contributed by atoms with Crippen molar-refractivity contribution in [2.45, 2.75) is 18.4 Å². The number of nitrogens with zero attached hydrogens (tertiary/aromatic N) is 3. The molecule has 3 aromatic rings. The number of rotatable bonds is 11. The zero-order valence-corrected chi connectivity index (χ0v) is 21.1. The number of aryl methyl sites for hydroxylation is 1. The summed E-state index contributed by atoms with van der Waals surface area (Å²) in [6.07, 6.45) is 0. The summed E-state index contributed by atoms with van der Waals surface area (Å²) >= 11 is 6.11. The molecule has 0 heterocycles. The summed E-state index contributed by atoms with van der Waals surface area (Å²) in [5, 5.41) is 28.5. The van der Waals surface area contributed by atoms with Crippen molar-refractivity contribution < 1.29 is 32.7 Å². The summed E-state index contributed by atoms with van der Waals surface area (Å²) in [5.74, 6) is -0.975. The molecule has 0 aliphatic heterocycles. The number of carboxylic acids is 1. The van der Waals surface area contributed by atoms with Crippen LogP contribution in [0.1, 0.15) is 11.1 Å². The SMILES string of the molecule is COc1cc(Cl)cc(CN=Nc2ccc([N+](=O)[O-])cc2S(=O)(=O)Nc2ccccc2C)c1OCC(=O)O. The van der Waals surface area contributed by atoms with E-state index in [1.54, 1.807) is 31.2 Å². The van der Waals surface area contributed by atoms with Crippen LogP contribution in [0.25, 0.3) is 0 Å². The fraction of sp³-hybridized carbons (Fsp3) is 0.174. The van der Waals surface area contributed by atoms with Crippen LogP contribution in [-0.4, -0.2) is 38.1 Å². The first-order valence-electron chi connectivity index (χ1n) is 10.5. The Bertz CT molecular complexity index is 1480. The number of anilines is 1. The molecule has 0 atom stereocenters. The molecule has 14 heteroatoms. The van der Waals surface area contributed by atoms with Crippen LogP contribution < -0.4 is 14.2 Å². The molecule has 12 nitrogen and oxygen atoms in total. The summed E-state index contributed by atoms with van der Waals surface area (Å²) in [7, 11) is -2.95. The number of nitrogens with one attached hydrogen (secondary N) is 1. The van der Waals surface area contributed by atoms with Gasteiger partial charge in [0, 0.05) is 28.8 Å². The second-order valence-corrected chi connectivity index (χ2v) is 9.60. The van der Waals surface area contributed by atoms with Crippen LogP contribution >= 0.6 is 11.6 Å². The number of hydrogen-bond acceptors (Lipinski definition) is 9. The Labute approximate surface area is 216 Å². The van der Waals surface area contributed by atoms with Gasteiger partial charge in [0.2, 0.25) is 0 Å². The second kappa shape index (κ2) is 11.7. The number of nitro groups is 1. The molecule has 0 aliphatic rings. The molecule has 0 aliphatic carbocycles. The lowest BCUT2D eigenvalue weighted by molar-refractivity contribution is -0.385. The minimum atomic E-state index is -4.30. The van der Waals surface area contributed by atoms with E-state index in [0.717, 1.165) is 18.2 Å². The fourth-order valence-electron chi connectivity index (χ4n) is 3.18. The Kier molecular flexibility index (Phi) is 8.63. The van der Waals surface area contributed by atoms with E-state index < -0.39 is 38.1 Å². The van der Waals surface area contributed by atoms with E-state index >= 15 is 0 Å². The normalized spacial score (nSPS) is 11.3. The number of carbonyl (C=O) groups is 1. The van der Waals surface area contributed by atoms with Gasteiger partial charge in [0.05, 0.1) is 24.3 Å². The van der Waals surface area contributed by atoms with E-state index in [1.807, 2.05) is 0 Å². The molecule has 2 N–H and O–H groups in total. The van der Waals surface area contributed by atoms with E-state index in [-0.39, 0.29) is 28.8 Å². The molecule has 37 heavy (non-hydrogen) atoms. The average molecular weight is 549 g/mol. The number of para-hydroxylation sites is 1. The van der Waals surface area contributed by atoms with Gasteiger partial charge in [-0.1, -0.05) is 29.8 Å². The van der Waals surface area contributed by atoms with Gasteiger partial charge in [0.15, 0.2) is 18.1 Å². The van der Waals surface area contributed by atoms with Crippen LogP contribution in [0.4, 0.5) is 17.1 Å². The summed E-state index contributed by atoms with van der Waals surface area (Å²) < 4.78 is 39.3. The molecule has 0 radical (unpaired) electrons. The van der Waals surface area contributed by atoms with Gasteiger partial charge >= 0.3 is 5.97 Å². The van der Waals surface area contributed by atoms with Gasteiger partial charge in [-0.25, -0.2) is 13.2 Å². The molecule has 0 aromatic heterocycles. The lowest BCUT2D eigenvalue weighted by Crippen LogP contribution is -2.14. The monoisotopic (exact) mass is 548 g/mol. The van der Waals surface area contributed by atoms with Crippen molar-refractivity contribution >= 4 is 44.7 Å². The molecule has 194 valence electrons. The van der Waals surface area contributed by atoms with Crippen LogP contribution in [0, 0.1) is 17.0 Å². The molecule has 0 unspecified atom stereocenters. The van der Waals surface area contributed by atoms with Gasteiger partial charge in [-0.2, -0.15) is 10.2 Å². The summed E-state index contributed by atoms with van der Waals surface area (Å²) in [4.78, 5) is 21.1. The Morgan fingerprint density at radius 2 is 1.92 bits per heavy atom. The Balaban J connectivity index is 1.99. The van der Waals surface area contributed by atoms with E-state index in [0.29, 0.717) is 16.8 Å². The van der Waals surface area contributed by atoms with Crippen LogP contribution in [0.2, 0.25) is 5.02 Å². The number of halogens is 1. The van der Waals surface area contributed by atoms with Gasteiger partial charge < -0.3 is 14.6 Å². The Hall–Kier alpha value is -4.23. The van der Waals surface area contributed by atoms with Crippen molar-refractivity contribution in [3.8, 4) is 11.5 Å². The minimum absolute atomic E-state index is 0.0750. The van der Waals surface area contributed by atoms with Crippen LogP contribution in [0.3, 0.4) is 0 Å². The van der Waals surface area contributed by atoms with Crippen molar-refractivity contribution in [3.63, 3.8) is 0 Å². The number of methoxy groups -OCH3 is 1. The maximum absolute atomic E-state index is 13.2. The predicted octanol–water partition coefficient (Wildman–Crippen LogP) is 5.11. The Morgan fingerprint density at radius 1 is 1.19 bits per heavy atom. The topological polar surface area (TPSA) is 170 Å². The molecular weight excluding hydrogens is 528 g/mol. The van der Waals surface area contributed by atoms with E-state index in [1.165, 1.54) is 19.2 Å². The third-order valence-electron chi connectivity index (χ3n) is 4.91. The van der Waals surface area contributed by atoms with E-state index in [9.17, 15) is 23.3 Å². The molecule has 0 bridgehead atoms. The quantitative estimate of drug-likeness (QED) is 0.189. The highest BCUT2D eigenvalue weighted by atomic mass is 35.5. The summed E-state index contributed by atoms with van der Waals surface area (Å²) in [6, 6.07) is 12.7. The number of hydrogen-bond donors (Lipinski definition) is 2. The van der Waals surface area contributed by atoms with E-state index in [4.69, 9.17) is 26.2 Å². The van der Waals surface area contributed by atoms with Crippen LogP contribution in [0.15, 0.2) is 69.7 Å². The largest absolute Gasteiger partial charge is 0.493 e. The third kappa shape index (κ3) is 6.92. The first-order valence-corrected chi connectivity index (χ1v) is 12.3. The molecule has 0 saturated carbocycles. The van der Waals surface area contributed by atoms with Gasteiger partial charge in [-0.15, -0.1) is 0 Å². The average Bonchev–Trinajstić information content (AvgIpc) is 2.84. The number of sulfonamides is 1. The first-order chi connectivity index (χ1) is 17.5. The number of nitro benzene ring substituents is 1. The molecular formula is C23H21ClN4O8S. The number of carboxylic acid groups (broad SMARTS) is 1. The molecule has 3 rings (SSSR count). The molecule has 0 spiro atoms. The fourth-order valence-corrected chi connectivity index (χ4v) is 4.70. The van der Waals surface area contributed by atoms with Gasteiger partial charge in [0.25, 0.3) is 15.7 Å². The van der Waals surface area contributed by atoms with Gasteiger partial charge in [-0.3, -0.25) is 14.8 Å². The third-order valence-corrected chi connectivity index (χ3v) is 6.52. The van der Waals surface area contributed by atoms with Crippen molar-refractivity contribution in [1.29, 1.82) is 0 Å². The predicted molar refractivity (Wildman–Crippen MR) is 134 cm³/mol. The number of aliphatic carboxylic acids is 1. The van der Waals surface area contributed by atoms with Crippen LogP contribution in [0.5, 0.6) is 11.5 Å². The number of benzene rings is 3. The highest BCUT2D eigenvalue weighted by molar-refractivity contribution is 7.92. The zero-order valence-electron chi connectivity index (χ0n) is 19.5. The maximum Gasteiger partial charge on any atom is 0.341 e. The van der Waals surface area contributed by atoms with Crippen molar-refractivity contribution in [1.82, 2.24) is 0 Å². The maximum atomic E-state index is 13.2. The molecule has 0 fully saturated rings. The highest BCUT2D eigenvalue weighted by Gasteiger charge is 2.23. The molecule has 0 amide bonds.